The van der Waals surface area contributed by atoms with E-state index in [0.29, 0.717) is 44.8 Å². The average molecular weight is 403 g/mol. The summed E-state index contributed by atoms with van der Waals surface area (Å²) in [7, 11) is -3.65. The minimum atomic E-state index is -3.65. The van der Waals surface area contributed by atoms with Gasteiger partial charge in [0.05, 0.1) is 4.90 Å². The maximum absolute atomic E-state index is 13.1. The molecular weight excluding hydrogens is 376 g/mol. The number of benzene rings is 1. The van der Waals surface area contributed by atoms with Crippen molar-refractivity contribution in [2.75, 3.05) is 44.2 Å². The molecule has 1 aromatic carbocycles. The smallest absolute Gasteiger partial charge is 0.253 e. The third-order valence-corrected chi connectivity index (χ3v) is 6.88. The summed E-state index contributed by atoms with van der Waals surface area (Å²) in [4.78, 5) is 20.8. The molecule has 7 nitrogen and oxygen atoms in total. The summed E-state index contributed by atoms with van der Waals surface area (Å²) in [6, 6.07) is 12.0. The molecule has 1 amide bonds. The molecule has 3 rings (SSSR count). The number of piperazine rings is 1. The molecular formula is C20H26N4O3S. The number of hydrogen-bond donors (Lipinski definition) is 0. The van der Waals surface area contributed by atoms with Crippen LogP contribution in [0.15, 0.2) is 53.6 Å². The summed E-state index contributed by atoms with van der Waals surface area (Å²) < 4.78 is 27.6. The molecule has 0 radical (unpaired) electrons. The number of aromatic nitrogens is 1. The Hall–Kier alpha value is -2.45. The molecule has 2 heterocycles. The monoisotopic (exact) mass is 402 g/mol. The Morgan fingerprint density at radius 2 is 1.75 bits per heavy atom. The van der Waals surface area contributed by atoms with Crippen molar-refractivity contribution < 1.29 is 13.2 Å². The van der Waals surface area contributed by atoms with Gasteiger partial charge < -0.3 is 9.80 Å². The summed E-state index contributed by atoms with van der Waals surface area (Å²) in [5, 5.41) is 0. The van der Waals surface area contributed by atoms with Crippen molar-refractivity contribution in [1.82, 2.24) is 14.2 Å². The maximum Gasteiger partial charge on any atom is 0.253 e. The minimum Gasteiger partial charge on any atom is -0.354 e. The summed E-state index contributed by atoms with van der Waals surface area (Å²) in [5.74, 6) is 0.702. The van der Waals surface area contributed by atoms with E-state index in [-0.39, 0.29) is 10.8 Å². The van der Waals surface area contributed by atoms with E-state index in [1.165, 1.54) is 10.4 Å². The van der Waals surface area contributed by atoms with Gasteiger partial charge in [0, 0.05) is 51.0 Å². The number of anilines is 1. The number of nitrogens with zero attached hydrogens (tertiary/aromatic N) is 4. The lowest BCUT2D eigenvalue weighted by Gasteiger charge is -2.34. The molecule has 1 aliphatic heterocycles. The Labute approximate surface area is 166 Å². The zero-order valence-corrected chi connectivity index (χ0v) is 17.1. The molecule has 1 saturated heterocycles. The van der Waals surface area contributed by atoms with Crippen LogP contribution in [0, 0.1) is 0 Å². The molecule has 0 unspecified atom stereocenters. The number of amides is 1. The highest BCUT2D eigenvalue weighted by Crippen LogP contribution is 2.21. The van der Waals surface area contributed by atoms with Crippen LogP contribution in [-0.4, -0.2) is 67.8 Å². The van der Waals surface area contributed by atoms with Gasteiger partial charge in [-0.3, -0.25) is 4.79 Å². The lowest BCUT2D eigenvalue weighted by Crippen LogP contribution is -2.48. The molecule has 0 saturated carbocycles. The van der Waals surface area contributed by atoms with E-state index < -0.39 is 10.0 Å². The zero-order chi connectivity index (χ0) is 20.1. The Bertz CT molecular complexity index is 906. The first-order valence-corrected chi connectivity index (χ1v) is 11.0. The van der Waals surface area contributed by atoms with Crippen molar-refractivity contribution >= 4 is 21.7 Å². The average Bonchev–Trinajstić information content (AvgIpc) is 2.75. The van der Waals surface area contributed by atoms with E-state index in [0.717, 1.165) is 5.82 Å². The second-order valence-corrected chi connectivity index (χ2v) is 8.52. The first kappa shape index (κ1) is 20.3. The van der Waals surface area contributed by atoms with Crippen molar-refractivity contribution in [3.05, 3.63) is 54.2 Å². The number of sulfonamides is 1. The molecule has 150 valence electrons. The van der Waals surface area contributed by atoms with Gasteiger partial charge in [0.15, 0.2) is 0 Å². The molecule has 28 heavy (non-hydrogen) atoms. The topological polar surface area (TPSA) is 73.8 Å². The quantitative estimate of drug-likeness (QED) is 0.740. The summed E-state index contributed by atoms with van der Waals surface area (Å²) in [6.45, 7) is 6.90. The van der Waals surface area contributed by atoms with Crippen LogP contribution < -0.4 is 4.90 Å². The second-order valence-electron chi connectivity index (χ2n) is 6.58. The van der Waals surface area contributed by atoms with E-state index in [1.807, 2.05) is 32.0 Å². The molecule has 1 fully saturated rings. The number of pyridine rings is 1. The molecule has 1 aromatic heterocycles. The summed E-state index contributed by atoms with van der Waals surface area (Å²) in [6.07, 6.45) is 1.73. The van der Waals surface area contributed by atoms with Crippen LogP contribution in [0.5, 0.6) is 0 Å². The number of carbonyl (C=O) groups is 1. The van der Waals surface area contributed by atoms with Crippen molar-refractivity contribution in [2.24, 2.45) is 0 Å². The fraction of sp³-hybridized carbons (Fsp3) is 0.400. The molecule has 0 spiro atoms. The third kappa shape index (κ3) is 4.18. The van der Waals surface area contributed by atoms with Crippen LogP contribution in [0.1, 0.15) is 24.2 Å². The number of rotatable bonds is 6. The van der Waals surface area contributed by atoms with Crippen molar-refractivity contribution in [3.63, 3.8) is 0 Å². The maximum atomic E-state index is 13.1. The van der Waals surface area contributed by atoms with Crippen LogP contribution >= 0.6 is 0 Å². The fourth-order valence-corrected chi connectivity index (χ4v) is 4.80. The first-order chi connectivity index (χ1) is 13.5. The van der Waals surface area contributed by atoms with E-state index in [2.05, 4.69) is 9.88 Å². The minimum absolute atomic E-state index is 0.151. The van der Waals surface area contributed by atoms with Crippen LogP contribution in [0.25, 0.3) is 0 Å². The normalized spacial score (nSPS) is 15.4. The predicted molar refractivity (Wildman–Crippen MR) is 109 cm³/mol. The van der Waals surface area contributed by atoms with Gasteiger partial charge in [-0.25, -0.2) is 13.4 Å². The van der Waals surface area contributed by atoms with Crippen LogP contribution in [0.3, 0.4) is 0 Å². The van der Waals surface area contributed by atoms with Gasteiger partial charge in [0.25, 0.3) is 5.91 Å². The predicted octanol–water partition coefficient (Wildman–Crippen LogP) is 2.07. The van der Waals surface area contributed by atoms with Crippen molar-refractivity contribution in [2.45, 2.75) is 18.7 Å². The molecule has 0 N–H and O–H groups in total. The van der Waals surface area contributed by atoms with E-state index in [9.17, 15) is 13.2 Å². The zero-order valence-electron chi connectivity index (χ0n) is 16.3. The molecule has 8 heteroatoms. The van der Waals surface area contributed by atoms with E-state index in [1.54, 1.807) is 29.3 Å². The Balaban J connectivity index is 1.75. The van der Waals surface area contributed by atoms with E-state index in [4.69, 9.17) is 0 Å². The van der Waals surface area contributed by atoms with Crippen molar-refractivity contribution in [3.8, 4) is 0 Å². The Morgan fingerprint density at radius 1 is 1.04 bits per heavy atom. The number of hydrogen-bond acceptors (Lipinski definition) is 5. The lowest BCUT2D eigenvalue weighted by atomic mass is 10.2. The largest absolute Gasteiger partial charge is 0.354 e. The number of carbonyl (C=O) groups excluding carboxylic acids is 1. The van der Waals surface area contributed by atoms with Crippen LogP contribution in [-0.2, 0) is 10.0 Å². The molecule has 0 aliphatic carbocycles. The second kappa shape index (κ2) is 8.70. The lowest BCUT2D eigenvalue weighted by molar-refractivity contribution is 0.0772. The summed E-state index contributed by atoms with van der Waals surface area (Å²) in [5.41, 5.74) is 0.400. The Morgan fingerprint density at radius 3 is 2.36 bits per heavy atom. The fourth-order valence-electron chi connectivity index (χ4n) is 3.33. The van der Waals surface area contributed by atoms with Crippen molar-refractivity contribution in [1.29, 1.82) is 0 Å². The summed E-state index contributed by atoms with van der Waals surface area (Å²) >= 11 is 0. The van der Waals surface area contributed by atoms with Gasteiger partial charge in [-0.15, -0.1) is 0 Å². The van der Waals surface area contributed by atoms with Crippen LogP contribution in [0.2, 0.25) is 0 Å². The molecule has 1 aliphatic rings. The van der Waals surface area contributed by atoms with Gasteiger partial charge in [-0.1, -0.05) is 12.1 Å². The molecule has 0 atom stereocenters. The van der Waals surface area contributed by atoms with Gasteiger partial charge in [0.2, 0.25) is 10.0 Å². The standard InChI is InChI=1S/C20H26N4O3S/c1-3-22(4-2)20(25)17-8-7-9-18(16-17)28(26,27)24-14-12-23(13-15-24)19-10-5-6-11-21-19/h5-11,16H,3-4,12-15H2,1-2H3. The highest BCUT2D eigenvalue weighted by molar-refractivity contribution is 7.89. The highest BCUT2D eigenvalue weighted by Gasteiger charge is 2.29. The third-order valence-electron chi connectivity index (χ3n) is 4.98. The molecule has 2 aromatic rings. The van der Waals surface area contributed by atoms with Gasteiger partial charge in [-0.05, 0) is 44.2 Å². The highest BCUT2D eigenvalue weighted by atomic mass is 32.2. The Kier molecular flexibility index (Phi) is 6.31. The van der Waals surface area contributed by atoms with Gasteiger partial charge in [-0.2, -0.15) is 4.31 Å². The van der Waals surface area contributed by atoms with E-state index >= 15 is 0 Å². The van der Waals surface area contributed by atoms with Gasteiger partial charge >= 0.3 is 0 Å². The van der Waals surface area contributed by atoms with Crippen LogP contribution in [0.4, 0.5) is 5.82 Å². The first-order valence-electron chi connectivity index (χ1n) is 9.52. The van der Waals surface area contributed by atoms with Gasteiger partial charge in [0.1, 0.15) is 5.82 Å². The molecule has 0 bridgehead atoms. The SMILES string of the molecule is CCN(CC)C(=O)c1cccc(S(=O)(=O)N2CCN(c3ccccn3)CC2)c1.